The molecule has 0 atom stereocenters. The van der Waals surface area contributed by atoms with E-state index in [0.717, 1.165) is 27.5 Å². The summed E-state index contributed by atoms with van der Waals surface area (Å²) in [5.41, 5.74) is 3.30. The number of aryl methyl sites for hydroxylation is 1. The molecule has 1 N–H and O–H groups in total. The van der Waals surface area contributed by atoms with Crippen molar-refractivity contribution < 1.29 is 8.96 Å². The summed E-state index contributed by atoms with van der Waals surface area (Å²) in [5.74, 6) is -0.240. The van der Waals surface area contributed by atoms with E-state index in [2.05, 4.69) is 4.98 Å². The third kappa shape index (κ3) is 1.36. The summed E-state index contributed by atoms with van der Waals surface area (Å²) in [7, 11) is 1.93. The Hall–Kier alpha value is -2.13. The number of hydrogen-bond donors (Lipinski definition) is 1. The van der Waals surface area contributed by atoms with Crippen LogP contribution in [0.15, 0.2) is 42.5 Å². The topological polar surface area (TPSA) is 19.7 Å². The molecular formula is C16H11ClFN2+. The number of aromatic nitrogens is 2. The summed E-state index contributed by atoms with van der Waals surface area (Å²) in [4.78, 5) is 3.23. The number of hydrogen-bond acceptors (Lipinski definition) is 0. The van der Waals surface area contributed by atoms with Gasteiger partial charge in [0.05, 0.1) is 15.9 Å². The Morgan fingerprint density at radius 3 is 2.75 bits per heavy atom. The number of nitrogens with one attached hydrogen (secondary N) is 1. The van der Waals surface area contributed by atoms with Crippen LogP contribution in [-0.4, -0.2) is 4.98 Å². The number of benzene rings is 2. The third-order valence-corrected chi connectivity index (χ3v) is 4.20. The minimum Gasteiger partial charge on any atom is -0.348 e. The number of rotatable bonds is 0. The molecule has 0 saturated heterocycles. The lowest BCUT2D eigenvalue weighted by atomic mass is 10.1. The first-order chi connectivity index (χ1) is 9.68. The van der Waals surface area contributed by atoms with Crippen LogP contribution in [0, 0.1) is 5.82 Å². The lowest BCUT2D eigenvalue weighted by molar-refractivity contribution is -0.616. The summed E-state index contributed by atoms with van der Waals surface area (Å²) >= 11 is 6.50. The molecule has 0 aliphatic heterocycles. The monoisotopic (exact) mass is 285 g/mol. The average Bonchev–Trinajstić information content (AvgIpc) is 2.86. The van der Waals surface area contributed by atoms with Gasteiger partial charge < -0.3 is 4.98 Å². The van der Waals surface area contributed by atoms with E-state index in [1.165, 1.54) is 6.07 Å². The Morgan fingerprint density at radius 2 is 1.90 bits per heavy atom. The number of pyridine rings is 1. The second kappa shape index (κ2) is 3.93. The van der Waals surface area contributed by atoms with Crippen molar-refractivity contribution in [2.75, 3.05) is 0 Å². The van der Waals surface area contributed by atoms with Gasteiger partial charge in [-0.05, 0) is 18.2 Å². The van der Waals surface area contributed by atoms with Gasteiger partial charge >= 0.3 is 0 Å². The van der Waals surface area contributed by atoms with Crippen LogP contribution >= 0.6 is 11.6 Å². The lowest BCUT2D eigenvalue weighted by Gasteiger charge is -2.01. The molecule has 0 fully saturated rings. The van der Waals surface area contributed by atoms with E-state index in [9.17, 15) is 4.39 Å². The highest BCUT2D eigenvalue weighted by molar-refractivity contribution is 6.40. The molecule has 4 heteroatoms. The lowest BCUT2D eigenvalue weighted by Crippen LogP contribution is -2.30. The molecule has 2 aromatic carbocycles. The summed E-state index contributed by atoms with van der Waals surface area (Å²) in [6.45, 7) is 0. The van der Waals surface area contributed by atoms with E-state index in [1.807, 2.05) is 41.9 Å². The van der Waals surface area contributed by atoms with Crippen molar-refractivity contribution in [1.29, 1.82) is 0 Å². The van der Waals surface area contributed by atoms with Gasteiger partial charge in [0.1, 0.15) is 23.8 Å². The summed E-state index contributed by atoms with van der Waals surface area (Å²) in [5, 5.41) is 2.16. The first-order valence-corrected chi connectivity index (χ1v) is 6.72. The van der Waals surface area contributed by atoms with Crippen LogP contribution < -0.4 is 4.57 Å². The Labute approximate surface area is 119 Å². The fourth-order valence-corrected chi connectivity index (χ4v) is 3.19. The van der Waals surface area contributed by atoms with Crippen LogP contribution in [0.5, 0.6) is 0 Å². The molecule has 0 bridgehead atoms. The number of halogens is 2. The zero-order chi connectivity index (χ0) is 13.9. The minimum atomic E-state index is -0.240. The summed E-state index contributed by atoms with van der Waals surface area (Å²) in [6, 6.07) is 12.9. The molecule has 2 heterocycles. The molecule has 4 rings (SSSR count). The standard InChI is InChI=1S/C16H10ClFN2/c1-20-12-8-3-2-5-9(12)14(17)15-16(20)13-10(18)6-4-7-11(13)19-15/h2-8H,1H3/p+1. The molecule has 2 nitrogen and oxygen atoms in total. The maximum Gasteiger partial charge on any atom is 0.243 e. The van der Waals surface area contributed by atoms with Crippen molar-refractivity contribution in [3.8, 4) is 0 Å². The second-order valence-corrected chi connectivity index (χ2v) is 5.28. The summed E-state index contributed by atoms with van der Waals surface area (Å²) in [6.07, 6.45) is 0. The molecule has 0 spiro atoms. The van der Waals surface area contributed by atoms with Gasteiger partial charge in [-0.25, -0.2) is 4.39 Å². The van der Waals surface area contributed by atoms with Crippen molar-refractivity contribution in [2.45, 2.75) is 0 Å². The fourth-order valence-electron chi connectivity index (χ4n) is 2.89. The van der Waals surface area contributed by atoms with Crippen LogP contribution in [0.25, 0.3) is 32.8 Å². The molecule has 0 aliphatic carbocycles. The van der Waals surface area contributed by atoms with Gasteiger partial charge in [-0.2, -0.15) is 4.57 Å². The first-order valence-electron chi connectivity index (χ1n) is 6.34. The smallest absolute Gasteiger partial charge is 0.243 e. The van der Waals surface area contributed by atoms with Crippen molar-refractivity contribution in [1.82, 2.24) is 4.98 Å². The third-order valence-electron chi connectivity index (χ3n) is 3.80. The highest BCUT2D eigenvalue weighted by Crippen LogP contribution is 2.33. The van der Waals surface area contributed by atoms with Gasteiger partial charge in [0, 0.05) is 6.07 Å². The molecule has 0 unspecified atom stereocenters. The van der Waals surface area contributed by atoms with Crippen molar-refractivity contribution >= 4 is 44.4 Å². The molecule has 20 heavy (non-hydrogen) atoms. The molecule has 0 aliphatic rings. The largest absolute Gasteiger partial charge is 0.348 e. The quantitative estimate of drug-likeness (QED) is 0.470. The molecule has 0 radical (unpaired) electrons. The summed E-state index contributed by atoms with van der Waals surface area (Å²) < 4.78 is 16.2. The first kappa shape index (κ1) is 11.7. The molecule has 98 valence electrons. The van der Waals surface area contributed by atoms with Gasteiger partial charge in [0.25, 0.3) is 0 Å². The highest BCUT2D eigenvalue weighted by atomic mass is 35.5. The van der Waals surface area contributed by atoms with E-state index in [0.29, 0.717) is 10.4 Å². The van der Waals surface area contributed by atoms with E-state index >= 15 is 0 Å². The molecular weight excluding hydrogens is 275 g/mol. The number of H-pyrrole nitrogens is 1. The normalized spacial score (nSPS) is 11.8. The van der Waals surface area contributed by atoms with Gasteiger partial charge in [-0.15, -0.1) is 0 Å². The van der Waals surface area contributed by atoms with Crippen molar-refractivity contribution in [3.63, 3.8) is 0 Å². The second-order valence-electron chi connectivity index (χ2n) is 4.90. The Balaban J connectivity index is 2.40. The Bertz CT molecular complexity index is 988. The molecule has 0 saturated carbocycles. The SMILES string of the molecule is C[n+]1c2ccccc2c(Cl)c2[nH]c3cccc(F)c3c21. The van der Waals surface area contributed by atoms with Crippen molar-refractivity contribution in [2.24, 2.45) is 7.05 Å². The predicted molar refractivity (Wildman–Crippen MR) is 79.5 cm³/mol. The number of nitrogens with zero attached hydrogens (tertiary/aromatic N) is 1. The van der Waals surface area contributed by atoms with Gasteiger partial charge in [-0.3, -0.25) is 0 Å². The van der Waals surface area contributed by atoms with Crippen LogP contribution in [0.2, 0.25) is 5.02 Å². The van der Waals surface area contributed by atoms with Crippen LogP contribution in [0.3, 0.4) is 0 Å². The van der Waals surface area contributed by atoms with E-state index in [-0.39, 0.29) is 5.82 Å². The predicted octanol–water partition coefficient (Wildman–Crippen LogP) is 4.09. The Morgan fingerprint density at radius 1 is 1.10 bits per heavy atom. The molecule has 0 amide bonds. The average molecular weight is 286 g/mol. The molecule has 2 aromatic heterocycles. The highest BCUT2D eigenvalue weighted by Gasteiger charge is 2.23. The number of aromatic amines is 1. The van der Waals surface area contributed by atoms with E-state index in [1.54, 1.807) is 6.07 Å². The van der Waals surface area contributed by atoms with Gasteiger partial charge in [-0.1, -0.05) is 29.8 Å². The Kier molecular flexibility index (Phi) is 2.30. The minimum absolute atomic E-state index is 0.240. The zero-order valence-electron chi connectivity index (χ0n) is 10.7. The van der Waals surface area contributed by atoms with Crippen molar-refractivity contribution in [3.05, 3.63) is 53.3 Å². The van der Waals surface area contributed by atoms with Crippen LogP contribution in [0.1, 0.15) is 0 Å². The van der Waals surface area contributed by atoms with E-state index < -0.39 is 0 Å². The zero-order valence-corrected chi connectivity index (χ0v) is 11.5. The maximum atomic E-state index is 14.2. The van der Waals surface area contributed by atoms with E-state index in [4.69, 9.17) is 11.6 Å². The van der Waals surface area contributed by atoms with Crippen LogP contribution in [0.4, 0.5) is 4.39 Å². The van der Waals surface area contributed by atoms with Gasteiger partial charge in [0.2, 0.25) is 11.0 Å². The van der Waals surface area contributed by atoms with Gasteiger partial charge in [0.15, 0.2) is 0 Å². The maximum absolute atomic E-state index is 14.2. The number of para-hydroxylation sites is 1. The van der Waals surface area contributed by atoms with Crippen LogP contribution in [-0.2, 0) is 7.05 Å². The number of fused-ring (bicyclic) bond motifs is 4. The fraction of sp³-hybridized carbons (Fsp3) is 0.0625. The molecule has 4 aromatic rings.